The van der Waals surface area contributed by atoms with Gasteiger partial charge in [0.25, 0.3) is 0 Å². The van der Waals surface area contributed by atoms with Gasteiger partial charge in [-0.2, -0.15) is 5.10 Å². The molecule has 5 heteroatoms. The summed E-state index contributed by atoms with van der Waals surface area (Å²) in [6, 6.07) is 8.48. The van der Waals surface area contributed by atoms with Crippen LogP contribution in [0.15, 0.2) is 42.0 Å². The third kappa shape index (κ3) is 3.93. The summed E-state index contributed by atoms with van der Waals surface area (Å²) >= 11 is 0. The summed E-state index contributed by atoms with van der Waals surface area (Å²) in [5.74, 6) is 1.94. The highest BCUT2D eigenvalue weighted by atomic mass is 16.5. The molecule has 0 saturated heterocycles. The first-order valence-electron chi connectivity index (χ1n) is 10.1. The van der Waals surface area contributed by atoms with Gasteiger partial charge in [0.15, 0.2) is 5.82 Å². The predicted molar refractivity (Wildman–Crippen MR) is 109 cm³/mol. The van der Waals surface area contributed by atoms with Crippen molar-refractivity contribution >= 4 is 11.7 Å². The highest BCUT2D eigenvalue weighted by Gasteiger charge is 2.36. The molecule has 2 aromatic rings. The average Bonchev–Trinajstić information content (AvgIpc) is 3.47. The zero-order valence-corrected chi connectivity index (χ0v) is 16.8. The second kappa shape index (κ2) is 7.74. The lowest BCUT2D eigenvalue weighted by Gasteiger charge is -2.22. The van der Waals surface area contributed by atoms with Gasteiger partial charge in [0.1, 0.15) is 5.82 Å². The van der Waals surface area contributed by atoms with Crippen LogP contribution in [0, 0.1) is 25.7 Å². The maximum Gasteiger partial charge on any atom is 0.313 e. The molecule has 146 valence electrons. The van der Waals surface area contributed by atoms with Crippen LogP contribution in [-0.4, -0.2) is 27.3 Å². The minimum absolute atomic E-state index is 0.105. The average molecular weight is 377 g/mol. The number of benzene rings is 1. The largest absolute Gasteiger partial charge is 0.466 e. The predicted octanol–water partition coefficient (Wildman–Crippen LogP) is 4.25. The Bertz CT molecular complexity index is 933. The van der Waals surface area contributed by atoms with E-state index in [2.05, 4.69) is 48.3 Å². The molecule has 2 aliphatic carbocycles. The number of aryl methyl sites for hydroxylation is 2. The Morgan fingerprint density at radius 1 is 1.21 bits per heavy atom. The monoisotopic (exact) mass is 377 g/mol. The van der Waals surface area contributed by atoms with Crippen LogP contribution in [0.4, 0.5) is 0 Å². The van der Waals surface area contributed by atoms with Crippen LogP contribution >= 0.6 is 0 Å². The van der Waals surface area contributed by atoms with Gasteiger partial charge >= 0.3 is 5.97 Å². The number of carbonyl (C=O) groups is 1. The summed E-state index contributed by atoms with van der Waals surface area (Å²) in [6.45, 7) is 6.35. The zero-order valence-electron chi connectivity index (χ0n) is 16.8. The summed E-state index contributed by atoms with van der Waals surface area (Å²) in [5.41, 5.74) is 4.67. The van der Waals surface area contributed by atoms with Crippen LogP contribution in [0.1, 0.15) is 49.0 Å². The SMILES string of the molecule is CCOC(=O)C1CC=C(n2nc(Cc3ccc(C)cc3)nc2C)C=C1C1CC1. The van der Waals surface area contributed by atoms with Crippen molar-refractivity contribution in [3.8, 4) is 0 Å². The fraction of sp³-hybridized carbons (Fsp3) is 0.435. The molecule has 1 fully saturated rings. The van der Waals surface area contributed by atoms with Gasteiger partial charge in [-0.3, -0.25) is 4.79 Å². The summed E-state index contributed by atoms with van der Waals surface area (Å²) in [5, 5.41) is 4.75. The Kier molecular flexibility index (Phi) is 5.16. The molecule has 28 heavy (non-hydrogen) atoms. The molecule has 0 aliphatic heterocycles. The molecule has 1 atom stereocenters. The van der Waals surface area contributed by atoms with Crippen LogP contribution in [-0.2, 0) is 16.0 Å². The number of esters is 1. The molecular weight excluding hydrogens is 350 g/mol. The Hall–Kier alpha value is -2.69. The van der Waals surface area contributed by atoms with Crippen molar-refractivity contribution < 1.29 is 9.53 Å². The summed E-state index contributed by atoms with van der Waals surface area (Å²) < 4.78 is 7.20. The van der Waals surface area contributed by atoms with Gasteiger partial charge in [0, 0.05) is 6.42 Å². The van der Waals surface area contributed by atoms with E-state index in [-0.39, 0.29) is 11.9 Å². The molecule has 1 aromatic carbocycles. The van der Waals surface area contributed by atoms with Crippen molar-refractivity contribution in [3.63, 3.8) is 0 Å². The fourth-order valence-electron chi connectivity index (χ4n) is 3.80. The Morgan fingerprint density at radius 2 is 1.96 bits per heavy atom. The Labute approximate surface area is 166 Å². The lowest BCUT2D eigenvalue weighted by Crippen LogP contribution is -2.23. The van der Waals surface area contributed by atoms with Crippen LogP contribution in [0.3, 0.4) is 0 Å². The van der Waals surface area contributed by atoms with Gasteiger partial charge in [0.05, 0.1) is 18.2 Å². The van der Waals surface area contributed by atoms with E-state index in [4.69, 9.17) is 9.84 Å². The normalized spacial score (nSPS) is 19.2. The molecular formula is C23H27N3O2. The van der Waals surface area contributed by atoms with Gasteiger partial charge in [-0.1, -0.05) is 41.5 Å². The molecule has 0 N–H and O–H groups in total. The van der Waals surface area contributed by atoms with Crippen LogP contribution < -0.4 is 0 Å². The standard InChI is InChI=1S/C23H27N3O2/c1-4-28-23(27)20-12-11-19(14-21(20)18-9-10-18)26-16(3)24-22(25-26)13-17-7-5-15(2)6-8-17/h5-8,11,14,18,20H,4,9-10,12-13H2,1-3H3. The van der Waals surface area contributed by atoms with Crippen molar-refractivity contribution in [2.75, 3.05) is 6.61 Å². The van der Waals surface area contributed by atoms with E-state index in [1.807, 2.05) is 18.5 Å². The van der Waals surface area contributed by atoms with Gasteiger partial charge in [0.2, 0.25) is 0 Å². The zero-order chi connectivity index (χ0) is 19.7. The molecule has 1 heterocycles. The molecule has 0 bridgehead atoms. The molecule has 5 nitrogen and oxygen atoms in total. The van der Waals surface area contributed by atoms with Gasteiger partial charge in [-0.25, -0.2) is 9.67 Å². The number of aromatic nitrogens is 3. The van der Waals surface area contributed by atoms with Crippen LogP contribution in [0.2, 0.25) is 0 Å². The highest BCUT2D eigenvalue weighted by molar-refractivity contribution is 5.79. The van der Waals surface area contributed by atoms with Crippen molar-refractivity contribution in [1.82, 2.24) is 14.8 Å². The number of rotatable bonds is 6. The van der Waals surface area contributed by atoms with E-state index in [0.717, 1.165) is 30.2 Å². The van der Waals surface area contributed by atoms with Crippen LogP contribution in [0.5, 0.6) is 0 Å². The number of allylic oxidation sites excluding steroid dienone is 3. The van der Waals surface area contributed by atoms with Gasteiger partial charge in [-0.05, 0) is 57.6 Å². The Morgan fingerprint density at radius 3 is 2.64 bits per heavy atom. The molecule has 0 amide bonds. The fourth-order valence-corrected chi connectivity index (χ4v) is 3.80. The quantitative estimate of drug-likeness (QED) is 0.707. The third-order valence-electron chi connectivity index (χ3n) is 5.44. The minimum atomic E-state index is -0.146. The molecule has 2 aliphatic rings. The maximum absolute atomic E-state index is 12.4. The number of hydrogen-bond acceptors (Lipinski definition) is 4. The van der Waals surface area contributed by atoms with Crippen molar-refractivity contribution in [1.29, 1.82) is 0 Å². The maximum atomic E-state index is 12.4. The van der Waals surface area contributed by atoms with E-state index < -0.39 is 0 Å². The summed E-state index contributed by atoms with van der Waals surface area (Å²) in [7, 11) is 0. The number of carbonyl (C=O) groups excluding carboxylic acids is 1. The third-order valence-corrected chi connectivity index (χ3v) is 5.44. The first-order valence-corrected chi connectivity index (χ1v) is 10.1. The molecule has 1 saturated carbocycles. The van der Waals surface area contributed by atoms with Crippen molar-refractivity contribution in [3.05, 3.63) is 64.8 Å². The molecule has 4 rings (SSSR count). The summed E-state index contributed by atoms with van der Waals surface area (Å²) in [4.78, 5) is 17.0. The van der Waals surface area contributed by atoms with E-state index in [0.29, 0.717) is 25.4 Å². The lowest BCUT2D eigenvalue weighted by atomic mass is 9.87. The highest BCUT2D eigenvalue weighted by Crippen LogP contribution is 2.44. The van der Waals surface area contributed by atoms with Crippen molar-refractivity contribution in [2.45, 2.75) is 46.5 Å². The molecule has 0 spiro atoms. The number of hydrogen-bond donors (Lipinski definition) is 0. The summed E-state index contributed by atoms with van der Waals surface area (Å²) in [6.07, 6.45) is 7.92. The van der Waals surface area contributed by atoms with Gasteiger partial charge < -0.3 is 4.74 Å². The van der Waals surface area contributed by atoms with E-state index in [1.165, 1.54) is 16.7 Å². The first-order chi connectivity index (χ1) is 13.5. The number of nitrogens with zero attached hydrogens (tertiary/aromatic N) is 3. The van der Waals surface area contributed by atoms with Gasteiger partial charge in [-0.15, -0.1) is 0 Å². The molecule has 0 radical (unpaired) electrons. The second-order valence-electron chi connectivity index (χ2n) is 7.74. The molecule has 1 unspecified atom stereocenters. The number of ether oxygens (including phenoxy) is 1. The van der Waals surface area contributed by atoms with Crippen molar-refractivity contribution in [2.24, 2.45) is 11.8 Å². The lowest BCUT2D eigenvalue weighted by molar-refractivity contribution is -0.146. The second-order valence-corrected chi connectivity index (χ2v) is 7.74. The van der Waals surface area contributed by atoms with E-state index in [1.54, 1.807) is 0 Å². The first kappa shape index (κ1) is 18.7. The Balaban J connectivity index is 1.56. The van der Waals surface area contributed by atoms with E-state index >= 15 is 0 Å². The smallest absolute Gasteiger partial charge is 0.313 e. The van der Waals surface area contributed by atoms with Crippen LogP contribution in [0.25, 0.3) is 5.70 Å². The minimum Gasteiger partial charge on any atom is -0.466 e. The molecule has 1 aromatic heterocycles. The topological polar surface area (TPSA) is 57.0 Å². The van der Waals surface area contributed by atoms with E-state index in [9.17, 15) is 4.79 Å².